The first-order valence-corrected chi connectivity index (χ1v) is 7.42. The molecule has 0 aliphatic rings. The number of hydrogen-bond acceptors (Lipinski definition) is 4. The number of carbonyl (C=O) groups excluding carboxylic acids is 1. The lowest BCUT2D eigenvalue weighted by molar-refractivity contribution is -0.112. The van der Waals surface area contributed by atoms with Gasteiger partial charge in [-0.15, -0.1) is 0 Å². The van der Waals surface area contributed by atoms with Crippen molar-refractivity contribution in [3.05, 3.63) is 64.2 Å². The molecule has 0 spiro atoms. The number of ether oxygens (including phenoxy) is 1. The van der Waals surface area contributed by atoms with E-state index in [9.17, 15) is 14.9 Å². The van der Waals surface area contributed by atoms with Crippen molar-refractivity contribution >= 4 is 35.2 Å². The van der Waals surface area contributed by atoms with Gasteiger partial charge < -0.3 is 15.2 Å². The van der Waals surface area contributed by atoms with Gasteiger partial charge in [0.1, 0.15) is 17.4 Å². The Morgan fingerprint density at radius 1 is 1.24 bits per heavy atom. The van der Waals surface area contributed by atoms with Gasteiger partial charge in [0.15, 0.2) is 0 Å². The zero-order valence-corrected chi connectivity index (χ0v) is 13.9. The van der Waals surface area contributed by atoms with Crippen LogP contribution in [-0.4, -0.2) is 24.1 Å². The van der Waals surface area contributed by atoms with E-state index in [0.29, 0.717) is 22.0 Å². The maximum Gasteiger partial charge on any atom is 0.335 e. The zero-order chi connectivity index (χ0) is 18.4. The second-order valence-corrected chi connectivity index (χ2v) is 5.31. The van der Waals surface area contributed by atoms with Crippen molar-refractivity contribution in [1.82, 2.24) is 0 Å². The largest absolute Gasteiger partial charge is 0.495 e. The summed E-state index contributed by atoms with van der Waals surface area (Å²) in [4.78, 5) is 23.0. The molecule has 0 saturated carbocycles. The molecule has 1 amide bonds. The maximum atomic E-state index is 12.2. The number of hydrogen-bond donors (Lipinski definition) is 2. The highest BCUT2D eigenvalue weighted by atomic mass is 35.5. The van der Waals surface area contributed by atoms with Gasteiger partial charge in [-0.25, -0.2) is 4.79 Å². The molecule has 0 aliphatic carbocycles. The number of carboxylic acids is 1. The standard InChI is InChI=1S/C18H13ClN2O4/c1-25-16-7-2-11(9-15(16)19)8-13(10-20)17(22)21-14-5-3-12(4-6-14)18(23)24/h2-9H,1H3,(H,21,22)(H,23,24)/b13-8+. The number of anilines is 1. The summed E-state index contributed by atoms with van der Waals surface area (Å²) < 4.78 is 5.05. The van der Waals surface area contributed by atoms with Crippen LogP contribution in [0.1, 0.15) is 15.9 Å². The second kappa shape index (κ2) is 7.99. The molecule has 0 radical (unpaired) electrons. The molecule has 0 heterocycles. The summed E-state index contributed by atoms with van der Waals surface area (Å²) in [5, 5.41) is 21.0. The normalized spacial score (nSPS) is 10.7. The lowest BCUT2D eigenvalue weighted by Gasteiger charge is -2.06. The number of aromatic carboxylic acids is 1. The molecule has 25 heavy (non-hydrogen) atoms. The molecule has 126 valence electrons. The third-order valence-corrected chi connectivity index (χ3v) is 3.54. The van der Waals surface area contributed by atoms with E-state index in [0.717, 1.165) is 0 Å². The molecule has 0 bridgehead atoms. The van der Waals surface area contributed by atoms with Gasteiger partial charge in [-0.3, -0.25) is 4.79 Å². The lowest BCUT2D eigenvalue weighted by atomic mass is 10.1. The molecular weight excluding hydrogens is 344 g/mol. The second-order valence-electron chi connectivity index (χ2n) is 4.90. The minimum atomic E-state index is -1.06. The number of halogens is 1. The summed E-state index contributed by atoms with van der Waals surface area (Å²) >= 11 is 6.02. The molecule has 2 aromatic rings. The number of rotatable bonds is 5. The highest BCUT2D eigenvalue weighted by Gasteiger charge is 2.11. The minimum Gasteiger partial charge on any atom is -0.495 e. The third kappa shape index (κ3) is 4.59. The van der Waals surface area contributed by atoms with Crippen LogP contribution in [-0.2, 0) is 4.79 Å². The van der Waals surface area contributed by atoms with Crippen LogP contribution in [0.3, 0.4) is 0 Å². The summed E-state index contributed by atoms with van der Waals surface area (Å²) in [5.74, 6) is -1.19. The summed E-state index contributed by atoms with van der Waals surface area (Å²) in [6.45, 7) is 0. The van der Waals surface area contributed by atoms with Crippen molar-refractivity contribution in [2.45, 2.75) is 0 Å². The Hall–Kier alpha value is -3.30. The van der Waals surface area contributed by atoms with Crippen molar-refractivity contribution in [3.8, 4) is 11.8 Å². The van der Waals surface area contributed by atoms with Gasteiger partial charge in [-0.05, 0) is 48.0 Å². The first-order chi connectivity index (χ1) is 11.9. The molecule has 0 atom stereocenters. The molecule has 0 fully saturated rings. The van der Waals surface area contributed by atoms with Crippen LogP contribution in [0.5, 0.6) is 5.75 Å². The monoisotopic (exact) mass is 356 g/mol. The van der Waals surface area contributed by atoms with Crippen molar-refractivity contribution in [1.29, 1.82) is 5.26 Å². The van der Waals surface area contributed by atoms with E-state index in [1.807, 2.05) is 6.07 Å². The Labute approximate surface area is 148 Å². The van der Waals surface area contributed by atoms with Crippen LogP contribution in [0.25, 0.3) is 6.08 Å². The Morgan fingerprint density at radius 2 is 1.92 bits per heavy atom. The number of nitrogens with zero attached hydrogens (tertiary/aromatic N) is 1. The number of carbonyl (C=O) groups is 2. The summed E-state index contributed by atoms with van der Waals surface area (Å²) in [5.41, 5.74) is 0.924. The van der Waals surface area contributed by atoms with E-state index in [2.05, 4.69) is 5.32 Å². The molecule has 0 saturated heterocycles. The minimum absolute atomic E-state index is 0.0990. The quantitative estimate of drug-likeness (QED) is 0.630. The Balaban J connectivity index is 2.19. The lowest BCUT2D eigenvalue weighted by Crippen LogP contribution is -2.13. The van der Waals surface area contributed by atoms with Crippen molar-refractivity contribution in [3.63, 3.8) is 0 Å². The molecule has 2 rings (SSSR count). The van der Waals surface area contributed by atoms with E-state index in [4.69, 9.17) is 21.4 Å². The fourth-order valence-corrected chi connectivity index (χ4v) is 2.25. The Bertz CT molecular complexity index is 883. The van der Waals surface area contributed by atoms with Gasteiger partial charge in [0.2, 0.25) is 0 Å². The fraction of sp³-hybridized carbons (Fsp3) is 0.0556. The Kier molecular flexibility index (Phi) is 5.77. The molecular formula is C18H13ClN2O4. The van der Waals surface area contributed by atoms with Crippen molar-refractivity contribution in [2.24, 2.45) is 0 Å². The van der Waals surface area contributed by atoms with Crippen LogP contribution >= 0.6 is 11.6 Å². The SMILES string of the molecule is COc1ccc(/C=C(\C#N)C(=O)Nc2ccc(C(=O)O)cc2)cc1Cl. The van der Waals surface area contributed by atoms with Crippen LogP contribution < -0.4 is 10.1 Å². The van der Waals surface area contributed by atoms with Gasteiger partial charge in [-0.1, -0.05) is 17.7 Å². The van der Waals surface area contributed by atoms with E-state index in [-0.39, 0.29) is 11.1 Å². The van der Waals surface area contributed by atoms with Gasteiger partial charge in [0.25, 0.3) is 5.91 Å². The molecule has 0 aliphatic heterocycles. The summed E-state index contributed by atoms with van der Waals surface area (Å²) in [6, 6.07) is 12.3. The number of carboxylic acid groups (broad SMARTS) is 1. The van der Waals surface area contributed by atoms with Crippen LogP contribution in [0.2, 0.25) is 5.02 Å². The highest BCUT2D eigenvalue weighted by molar-refractivity contribution is 6.32. The Morgan fingerprint density at radius 3 is 2.44 bits per heavy atom. The first-order valence-electron chi connectivity index (χ1n) is 7.04. The summed E-state index contributed by atoms with van der Waals surface area (Å²) in [7, 11) is 1.49. The maximum absolute atomic E-state index is 12.2. The van der Waals surface area contributed by atoms with Gasteiger partial charge in [0, 0.05) is 5.69 Å². The number of nitrogens with one attached hydrogen (secondary N) is 1. The molecule has 6 nitrogen and oxygen atoms in total. The third-order valence-electron chi connectivity index (χ3n) is 3.24. The smallest absolute Gasteiger partial charge is 0.335 e. The first kappa shape index (κ1) is 18.0. The number of benzene rings is 2. The molecule has 0 aromatic heterocycles. The van der Waals surface area contributed by atoms with Gasteiger partial charge in [0.05, 0.1) is 17.7 Å². The zero-order valence-electron chi connectivity index (χ0n) is 13.1. The predicted molar refractivity (Wildman–Crippen MR) is 93.6 cm³/mol. The average molecular weight is 357 g/mol. The number of nitriles is 1. The molecule has 2 N–H and O–H groups in total. The van der Waals surface area contributed by atoms with E-state index in [1.54, 1.807) is 18.2 Å². The van der Waals surface area contributed by atoms with E-state index >= 15 is 0 Å². The van der Waals surface area contributed by atoms with E-state index in [1.165, 1.54) is 37.5 Å². The topological polar surface area (TPSA) is 99.4 Å². The number of amides is 1. The van der Waals surface area contributed by atoms with Crippen LogP contribution in [0.4, 0.5) is 5.69 Å². The molecule has 2 aromatic carbocycles. The van der Waals surface area contributed by atoms with E-state index < -0.39 is 11.9 Å². The molecule has 0 unspecified atom stereocenters. The van der Waals surface area contributed by atoms with Crippen LogP contribution in [0.15, 0.2) is 48.0 Å². The predicted octanol–water partition coefficient (Wildman–Crippen LogP) is 3.59. The van der Waals surface area contributed by atoms with Gasteiger partial charge in [-0.2, -0.15) is 5.26 Å². The summed E-state index contributed by atoms with van der Waals surface area (Å²) in [6.07, 6.45) is 1.40. The van der Waals surface area contributed by atoms with Gasteiger partial charge >= 0.3 is 5.97 Å². The fourth-order valence-electron chi connectivity index (χ4n) is 1.98. The highest BCUT2D eigenvalue weighted by Crippen LogP contribution is 2.26. The van der Waals surface area contributed by atoms with Crippen LogP contribution in [0, 0.1) is 11.3 Å². The van der Waals surface area contributed by atoms with Crippen molar-refractivity contribution in [2.75, 3.05) is 12.4 Å². The number of methoxy groups -OCH3 is 1. The average Bonchev–Trinajstić information content (AvgIpc) is 2.60. The molecule has 7 heteroatoms. The van der Waals surface area contributed by atoms with Crippen molar-refractivity contribution < 1.29 is 19.4 Å².